The van der Waals surface area contributed by atoms with Crippen molar-refractivity contribution in [3.63, 3.8) is 0 Å². The zero-order chi connectivity index (χ0) is 45.7. The highest BCUT2D eigenvalue weighted by atomic mass is 16.3. The maximum atomic E-state index is 6.53. The second kappa shape index (κ2) is 16.9. The molecule has 69 heavy (non-hydrogen) atoms. The molecule has 0 saturated heterocycles. The van der Waals surface area contributed by atoms with Crippen molar-refractivity contribution in [2.24, 2.45) is 0 Å². The van der Waals surface area contributed by atoms with Crippen LogP contribution in [0.15, 0.2) is 271 Å². The molecule has 0 radical (unpaired) electrons. The molecular formula is C66H44N2O. The molecule has 0 amide bonds. The summed E-state index contributed by atoms with van der Waals surface area (Å²) in [5, 5.41) is 4.76. The van der Waals surface area contributed by atoms with E-state index in [2.05, 4.69) is 264 Å². The van der Waals surface area contributed by atoms with Crippen LogP contribution in [-0.2, 0) is 0 Å². The fraction of sp³-hybridized carbons (Fsp3) is 0. The van der Waals surface area contributed by atoms with Gasteiger partial charge in [-0.05, 0) is 105 Å². The molecule has 0 spiro atoms. The normalized spacial score (nSPS) is 11.5. The molecule has 0 atom stereocenters. The van der Waals surface area contributed by atoms with E-state index in [0.717, 1.165) is 78.1 Å². The van der Waals surface area contributed by atoms with Crippen molar-refractivity contribution < 1.29 is 4.42 Å². The Morgan fingerprint density at radius 1 is 0.275 bits per heavy atom. The lowest BCUT2D eigenvalue weighted by atomic mass is 9.93. The molecule has 0 unspecified atom stereocenters. The lowest BCUT2D eigenvalue weighted by Crippen LogP contribution is -2.10. The van der Waals surface area contributed by atoms with Crippen molar-refractivity contribution >= 4 is 60.8 Å². The molecule has 11 aromatic carbocycles. The number of anilines is 3. The van der Waals surface area contributed by atoms with Crippen LogP contribution >= 0.6 is 0 Å². The van der Waals surface area contributed by atoms with Crippen LogP contribution in [0.25, 0.3) is 105 Å². The summed E-state index contributed by atoms with van der Waals surface area (Å²) in [5.74, 6) is 0. The van der Waals surface area contributed by atoms with Crippen LogP contribution in [0.2, 0.25) is 0 Å². The first-order valence-electron chi connectivity index (χ1n) is 23.6. The first kappa shape index (κ1) is 40.1. The molecule has 13 aromatic rings. The molecule has 2 aromatic heterocycles. The van der Waals surface area contributed by atoms with Gasteiger partial charge in [-0.25, -0.2) is 0 Å². The average molecular weight is 881 g/mol. The summed E-state index contributed by atoms with van der Waals surface area (Å²) in [4.78, 5) is 2.37. The van der Waals surface area contributed by atoms with Crippen molar-refractivity contribution in [1.82, 2.24) is 4.57 Å². The third-order valence-electron chi connectivity index (χ3n) is 13.6. The Hall–Kier alpha value is -9.18. The molecule has 3 heteroatoms. The fourth-order valence-corrected chi connectivity index (χ4v) is 10.5. The number of rotatable bonds is 9. The lowest BCUT2D eigenvalue weighted by molar-refractivity contribution is 0.670. The number of fused-ring (bicyclic) bond motifs is 6. The van der Waals surface area contributed by atoms with Crippen LogP contribution in [-0.4, -0.2) is 4.57 Å². The van der Waals surface area contributed by atoms with Crippen LogP contribution in [0.1, 0.15) is 0 Å². The van der Waals surface area contributed by atoms with Gasteiger partial charge in [0.25, 0.3) is 0 Å². The predicted octanol–water partition coefficient (Wildman–Crippen LogP) is 18.5. The molecule has 0 fully saturated rings. The Labute approximate surface area is 401 Å². The Kier molecular flexibility index (Phi) is 9.84. The van der Waals surface area contributed by atoms with Gasteiger partial charge >= 0.3 is 0 Å². The van der Waals surface area contributed by atoms with E-state index in [1.165, 1.54) is 44.1 Å². The van der Waals surface area contributed by atoms with Crippen molar-refractivity contribution in [2.75, 3.05) is 4.90 Å². The Balaban J connectivity index is 0.901. The second-order valence-corrected chi connectivity index (χ2v) is 17.6. The summed E-state index contributed by atoms with van der Waals surface area (Å²) in [6, 6.07) is 96.0. The quantitative estimate of drug-likeness (QED) is 0.144. The van der Waals surface area contributed by atoms with Gasteiger partial charge in [0.1, 0.15) is 11.2 Å². The molecule has 13 rings (SSSR count). The SMILES string of the molecule is c1ccc(-c2cccc(N(c3ccc(-c4ccccc4-c4ccccc4-n4c5ccccc5c5ccccc54)cc3)c3ccc(-c4ccccc4-c4cccc5c4oc4ccccc45)cc3)c2)cc1. The molecule has 324 valence electrons. The van der Waals surface area contributed by atoms with E-state index in [1.807, 2.05) is 12.1 Å². The standard InChI is InChI=1S/C66H44N2O/c1-2-18-45(19-3-1)48-20-16-21-51(44-48)67(50-42-38-47(39-43-50)53-23-5-7-25-55(53)60-30-17-31-61-59-29-11-15-35-65(59)69-66(60)61)49-40-36-46(37-41-49)52-22-4-6-24-54(52)56-26-8-12-32-62(56)68-63-33-13-9-27-57(63)58-28-10-14-34-64(58)68/h1-44H. The smallest absolute Gasteiger partial charge is 0.143 e. The van der Waals surface area contributed by atoms with Gasteiger partial charge in [-0.15, -0.1) is 0 Å². The van der Waals surface area contributed by atoms with Gasteiger partial charge in [0.05, 0.1) is 16.7 Å². The second-order valence-electron chi connectivity index (χ2n) is 17.6. The number of benzene rings is 11. The van der Waals surface area contributed by atoms with Crippen molar-refractivity contribution in [3.05, 3.63) is 267 Å². The van der Waals surface area contributed by atoms with E-state index in [9.17, 15) is 0 Å². The van der Waals surface area contributed by atoms with E-state index < -0.39 is 0 Å². The zero-order valence-electron chi connectivity index (χ0n) is 37.7. The van der Waals surface area contributed by atoms with Crippen molar-refractivity contribution in [2.45, 2.75) is 0 Å². The van der Waals surface area contributed by atoms with E-state index in [4.69, 9.17) is 4.42 Å². The third-order valence-corrected chi connectivity index (χ3v) is 13.6. The Bertz CT molecular complexity index is 3960. The molecule has 0 saturated carbocycles. The van der Waals surface area contributed by atoms with Gasteiger partial charge in [-0.1, -0.05) is 206 Å². The number of hydrogen-bond acceptors (Lipinski definition) is 2. The molecule has 2 heterocycles. The highest BCUT2D eigenvalue weighted by molar-refractivity contribution is 6.11. The third kappa shape index (κ3) is 6.99. The molecule has 3 nitrogen and oxygen atoms in total. The monoisotopic (exact) mass is 880 g/mol. The summed E-state index contributed by atoms with van der Waals surface area (Å²) in [6.07, 6.45) is 0. The Morgan fingerprint density at radius 3 is 1.39 bits per heavy atom. The van der Waals surface area contributed by atoms with Gasteiger partial charge in [-0.3, -0.25) is 0 Å². The largest absolute Gasteiger partial charge is 0.455 e. The van der Waals surface area contributed by atoms with E-state index >= 15 is 0 Å². The van der Waals surface area contributed by atoms with Gasteiger partial charge in [-0.2, -0.15) is 0 Å². The van der Waals surface area contributed by atoms with Crippen molar-refractivity contribution in [1.29, 1.82) is 0 Å². The van der Waals surface area contributed by atoms with Crippen LogP contribution in [0.5, 0.6) is 0 Å². The van der Waals surface area contributed by atoms with Gasteiger partial charge in [0, 0.05) is 49.7 Å². The number of furan rings is 1. The minimum Gasteiger partial charge on any atom is -0.455 e. The number of aromatic nitrogens is 1. The summed E-state index contributed by atoms with van der Waals surface area (Å²) in [6.45, 7) is 0. The summed E-state index contributed by atoms with van der Waals surface area (Å²) in [7, 11) is 0. The highest BCUT2D eigenvalue weighted by Gasteiger charge is 2.20. The maximum absolute atomic E-state index is 6.53. The van der Waals surface area contributed by atoms with Crippen LogP contribution < -0.4 is 4.90 Å². The maximum Gasteiger partial charge on any atom is 0.143 e. The summed E-state index contributed by atoms with van der Waals surface area (Å²) in [5.41, 5.74) is 20.1. The first-order valence-corrected chi connectivity index (χ1v) is 23.6. The number of hydrogen-bond donors (Lipinski definition) is 0. The summed E-state index contributed by atoms with van der Waals surface area (Å²) < 4.78 is 8.95. The number of para-hydroxylation sites is 5. The minimum absolute atomic E-state index is 0.899. The molecular weight excluding hydrogens is 837 g/mol. The average Bonchev–Trinajstić information content (AvgIpc) is 3.98. The van der Waals surface area contributed by atoms with Crippen molar-refractivity contribution in [3.8, 4) is 61.3 Å². The van der Waals surface area contributed by atoms with E-state index in [0.29, 0.717) is 0 Å². The molecule has 0 aliphatic heterocycles. The summed E-state index contributed by atoms with van der Waals surface area (Å²) >= 11 is 0. The van der Waals surface area contributed by atoms with Gasteiger partial charge < -0.3 is 13.9 Å². The highest BCUT2D eigenvalue weighted by Crippen LogP contribution is 2.44. The Morgan fingerprint density at radius 2 is 0.739 bits per heavy atom. The first-order chi connectivity index (χ1) is 34.2. The molecule has 0 N–H and O–H groups in total. The fourth-order valence-electron chi connectivity index (χ4n) is 10.5. The lowest BCUT2D eigenvalue weighted by Gasteiger charge is -2.27. The topological polar surface area (TPSA) is 21.3 Å². The van der Waals surface area contributed by atoms with E-state index in [-0.39, 0.29) is 0 Å². The predicted molar refractivity (Wildman–Crippen MR) is 290 cm³/mol. The van der Waals surface area contributed by atoms with Gasteiger partial charge in [0.2, 0.25) is 0 Å². The van der Waals surface area contributed by atoms with E-state index in [1.54, 1.807) is 0 Å². The minimum atomic E-state index is 0.899. The zero-order valence-corrected chi connectivity index (χ0v) is 37.7. The molecule has 0 aliphatic carbocycles. The van der Waals surface area contributed by atoms with Gasteiger partial charge in [0.15, 0.2) is 0 Å². The van der Waals surface area contributed by atoms with Crippen LogP contribution in [0, 0.1) is 0 Å². The van der Waals surface area contributed by atoms with Crippen LogP contribution in [0.3, 0.4) is 0 Å². The molecule has 0 bridgehead atoms. The number of nitrogens with zero attached hydrogens (tertiary/aromatic N) is 2. The molecule has 0 aliphatic rings. The van der Waals surface area contributed by atoms with Crippen LogP contribution in [0.4, 0.5) is 17.1 Å².